The number of nitrogens with one attached hydrogen (secondary N) is 1. The summed E-state index contributed by atoms with van der Waals surface area (Å²) in [7, 11) is 0. The lowest BCUT2D eigenvalue weighted by Gasteiger charge is -2.37. The number of rotatable bonds is 3. The number of aromatic nitrogens is 2. The van der Waals surface area contributed by atoms with E-state index in [-0.39, 0.29) is 6.03 Å². The minimum Gasteiger partial charge on any atom is -0.323 e. The van der Waals surface area contributed by atoms with Crippen LogP contribution in [-0.2, 0) is 0 Å². The number of anilines is 1. The van der Waals surface area contributed by atoms with E-state index in [9.17, 15) is 4.79 Å². The van der Waals surface area contributed by atoms with Crippen LogP contribution in [0.5, 0.6) is 0 Å². The second kappa shape index (κ2) is 8.05. The standard InChI is InChI=1S/C21H27N5O/c1-16-22-10-9-20(23-16)17-6-4-7-18(14-17)24-21(27)26-13-5-8-19(15-26)25-11-2-3-12-25/h4,6-7,9-10,14,19H,2-3,5,8,11-13,15H2,1H3,(H,24,27)/t19-/m1/s1. The second-order valence-electron chi connectivity index (χ2n) is 7.49. The van der Waals surface area contributed by atoms with Crippen molar-refractivity contribution in [1.29, 1.82) is 0 Å². The van der Waals surface area contributed by atoms with Crippen molar-refractivity contribution in [2.24, 2.45) is 0 Å². The molecule has 0 spiro atoms. The smallest absolute Gasteiger partial charge is 0.321 e. The molecule has 1 aromatic heterocycles. The number of hydrogen-bond acceptors (Lipinski definition) is 4. The summed E-state index contributed by atoms with van der Waals surface area (Å²) in [6.45, 7) is 5.90. The molecule has 2 aliphatic rings. The molecule has 2 aromatic rings. The minimum atomic E-state index is -0.00471. The summed E-state index contributed by atoms with van der Waals surface area (Å²) < 4.78 is 0. The van der Waals surface area contributed by atoms with Gasteiger partial charge in [-0.25, -0.2) is 14.8 Å². The summed E-state index contributed by atoms with van der Waals surface area (Å²) in [4.78, 5) is 25.9. The van der Waals surface area contributed by atoms with Crippen LogP contribution in [0.15, 0.2) is 36.5 Å². The van der Waals surface area contributed by atoms with Crippen LogP contribution in [0.2, 0.25) is 0 Å². The van der Waals surface area contributed by atoms with Gasteiger partial charge in [-0.05, 0) is 63.9 Å². The van der Waals surface area contributed by atoms with Crippen molar-refractivity contribution < 1.29 is 4.79 Å². The molecule has 1 N–H and O–H groups in total. The van der Waals surface area contributed by atoms with E-state index in [1.54, 1.807) is 6.20 Å². The lowest BCUT2D eigenvalue weighted by atomic mass is 10.0. The van der Waals surface area contributed by atoms with Gasteiger partial charge in [0.05, 0.1) is 5.69 Å². The van der Waals surface area contributed by atoms with Crippen LogP contribution in [-0.4, -0.2) is 58.0 Å². The number of hydrogen-bond donors (Lipinski definition) is 1. The molecule has 2 amide bonds. The Hall–Kier alpha value is -2.47. The van der Waals surface area contributed by atoms with E-state index < -0.39 is 0 Å². The zero-order valence-electron chi connectivity index (χ0n) is 15.9. The first kappa shape index (κ1) is 17.9. The zero-order valence-corrected chi connectivity index (χ0v) is 15.9. The monoisotopic (exact) mass is 365 g/mol. The van der Waals surface area contributed by atoms with Gasteiger partial charge in [-0.3, -0.25) is 4.90 Å². The number of carbonyl (C=O) groups is 1. The van der Waals surface area contributed by atoms with Crippen molar-refractivity contribution in [2.45, 2.75) is 38.6 Å². The van der Waals surface area contributed by atoms with Crippen LogP contribution < -0.4 is 5.32 Å². The Morgan fingerprint density at radius 3 is 2.81 bits per heavy atom. The molecule has 0 radical (unpaired) electrons. The predicted octanol–water partition coefficient (Wildman–Crippen LogP) is 3.54. The molecule has 0 aliphatic carbocycles. The van der Waals surface area contributed by atoms with Gasteiger partial charge in [0.2, 0.25) is 0 Å². The number of aryl methyl sites for hydroxylation is 1. The van der Waals surface area contributed by atoms with Crippen LogP contribution in [0.3, 0.4) is 0 Å². The fourth-order valence-corrected chi connectivity index (χ4v) is 4.12. The van der Waals surface area contributed by atoms with Gasteiger partial charge in [0.1, 0.15) is 5.82 Å². The minimum absolute atomic E-state index is 0.00471. The van der Waals surface area contributed by atoms with Crippen molar-refractivity contribution in [1.82, 2.24) is 19.8 Å². The van der Waals surface area contributed by atoms with Crippen LogP contribution in [0.4, 0.5) is 10.5 Å². The molecule has 27 heavy (non-hydrogen) atoms. The molecule has 142 valence electrons. The van der Waals surface area contributed by atoms with Crippen molar-refractivity contribution in [3.63, 3.8) is 0 Å². The van der Waals surface area contributed by atoms with E-state index in [1.807, 2.05) is 42.2 Å². The molecule has 2 aliphatic heterocycles. The third-order valence-electron chi connectivity index (χ3n) is 5.53. The van der Waals surface area contributed by atoms with E-state index in [1.165, 1.54) is 32.4 Å². The Morgan fingerprint density at radius 2 is 2.00 bits per heavy atom. The lowest BCUT2D eigenvalue weighted by Crippen LogP contribution is -2.50. The van der Waals surface area contributed by atoms with E-state index in [4.69, 9.17) is 0 Å². The number of carbonyl (C=O) groups excluding carboxylic acids is 1. The number of piperidine rings is 1. The highest BCUT2D eigenvalue weighted by atomic mass is 16.2. The first-order valence-corrected chi connectivity index (χ1v) is 9.89. The van der Waals surface area contributed by atoms with Gasteiger partial charge in [0.15, 0.2) is 0 Å². The highest BCUT2D eigenvalue weighted by Gasteiger charge is 2.29. The molecule has 3 heterocycles. The number of nitrogens with zero attached hydrogens (tertiary/aromatic N) is 4. The van der Waals surface area contributed by atoms with Crippen molar-refractivity contribution >= 4 is 11.7 Å². The maximum atomic E-state index is 12.8. The fraction of sp³-hybridized carbons (Fsp3) is 0.476. The summed E-state index contributed by atoms with van der Waals surface area (Å²) in [5, 5.41) is 3.07. The van der Waals surface area contributed by atoms with Gasteiger partial charge in [-0.2, -0.15) is 0 Å². The third-order valence-corrected chi connectivity index (χ3v) is 5.53. The van der Waals surface area contributed by atoms with E-state index >= 15 is 0 Å². The summed E-state index contributed by atoms with van der Waals surface area (Å²) in [5.74, 6) is 0.739. The average molecular weight is 365 g/mol. The van der Waals surface area contributed by atoms with Gasteiger partial charge < -0.3 is 10.2 Å². The quantitative estimate of drug-likeness (QED) is 0.904. The number of likely N-dealkylation sites (tertiary alicyclic amines) is 2. The van der Waals surface area contributed by atoms with Crippen molar-refractivity contribution in [2.75, 3.05) is 31.5 Å². The highest BCUT2D eigenvalue weighted by molar-refractivity contribution is 5.90. The molecule has 2 fully saturated rings. The molecule has 6 nitrogen and oxygen atoms in total. The maximum absolute atomic E-state index is 12.8. The molecule has 0 unspecified atom stereocenters. The van der Waals surface area contributed by atoms with Gasteiger partial charge in [0.25, 0.3) is 0 Å². The SMILES string of the molecule is Cc1nccc(-c2cccc(NC(=O)N3CCC[C@@H](N4CCCC4)C3)c2)n1. The molecule has 0 bridgehead atoms. The summed E-state index contributed by atoms with van der Waals surface area (Å²) in [5.41, 5.74) is 2.65. The molecule has 1 aromatic carbocycles. The summed E-state index contributed by atoms with van der Waals surface area (Å²) in [6, 6.07) is 10.3. The van der Waals surface area contributed by atoms with E-state index in [0.717, 1.165) is 42.3 Å². The second-order valence-corrected chi connectivity index (χ2v) is 7.49. The molecule has 6 heteroatoms. The van der Waals surface area contributed by atoms with Crippen LogP contribution in [0.1, 0.15) is 31.5 Å². The van der Waals surface area contributed by atoms with Gasteiger partial charge >= 0.3 is 6.03 Å². The van der Waals surface area contributed by atoms with Gasteiger partial charge in [-0.1, -0.05) is 12.1 Å². The highest BCUT2D eigenvalue weighted by Crippen LogP contribution is 2.23. The van der Waals surface area contributed by atoms with E-state index in [2.05, 4.69) is 20.2 Å². The molecule has 2 saturated heterocycles. The van der Waals surface area contributed by atoms with Crippen LogP contribution in [0, 0.1) is 6.92 Å². The fourth-order valence-electron chi connectivity index (χ4n) is 4.12. The first-order chi connectivity index (χ1) is 13.2. The summed E-state index contributed by atoms with van der Waals surface area (Å²) in [6.07, 6.45) is 6.62. The number of amides is 2. The number of benzene rings is 1. The Kier molecular flexibility index (Phi) is 5.34. The lowest BCUT2D eigenvalue weighted by molar-refractivity contribution is 0.132. The summed E-state index contributed by atoms with van der Waals surface area (Å²) >= 11 is 0. The number of urea groups is 1. The average Bonchev–Trinajstić information content (AvgIpc) is 3.23. The normalized spacial score (nSPS) is 20.6. The third kappa shape index (κ3) is 4.27. The Labute approximate surface area is 160 Å². The first-order valence-electron chi connectivity index (χ1n) is 9.89. The van der Waals surface area contributed by atoms with Gasteiger partial charge in [0, 0.05) is 36.6 Å². The molecular formula is C21H27N5O. The Bertz CT molecular complexity index is 803. The van der Waals surface area contributed by atoms with Crippen LogP contribution in [0.25, 0.3) is 11.3 Å². The van der Waals surface area contributed by atoms with E-state index in [0.29, 0.717) is 6.04 Å². The molecule has 0 saturated carbocycles. The Balaban J connectivity index is 1.42. The zero-order chi connectivity index (χ0) is 18.6. The molecule has 1 atom stereocenters. The topological polar surface area (TPSA) is 61.4 Å². The largest absolute Gasteiger partial charge is 0.323 e. The predicted molar refractivity (Wildman–Crippen MR) is 107 cm³/mol. The molecule has 4 rings (SSSR count). The molecular weight excluding hydrogens is 338 g/mol. The Morgan fingerprint density at radius 1 is 1.15 bits per heavy atom. The van der Waals surface area contributed by atoms with Gasteiger partial charge in [-0.15, -0.1) is 0 Å². The van der Waals surface area contributed by atoms with Crippen molar-refractivity contribution in [3.8, 4) is 11.3 Å². The van der Waals surface area contributed by atoms with Crippen molar-refractivity contribution in [3.05, 3.63) is 42.4 Å². The maximum Gasteiger partial charge on any atom is 0.321 e. The van der Waals surface area contributed by atoms with Crippen LogP contribution >= 0.6 is 0 Å².